The lowest BCUT2D eigenvalue weighted by Crippen LogP contribution is -2.22. The number of carbonyl (C=O) groups excluding carboxylic acids is 1. The topological polar surface area (TPSA) is 50.8 Å². The van der Waals surface area contributed by atoms with Crippen LogP contribution in [0.3, 0.4) is 0 Å². The van der Waals surface area contributed by atoms with Crippen molar-refractivity contribution in [2.75, 3.05) is 37.5 Å². The predicted molar refractivity (Wildman–Crippen MR) is 99.4 cm³/mol. The van der Waals surface area contributed by atoms with E-state index in [-0.39, 0.29) is 5.91 Å². The number of rotatable bonds is 6. The number of nitrogens with one attached hydrogen (secondary N) is 1. The Morgan fingerprint density at radius 2 is 1.84 bits per heavy atom. The molecule has 1 N–H and O–H groups in total. The first-order valence-corrected chi connectivity index (χ1v) is 8.48. The molecule has 132 valence electrons. The van der Waals surface area contributed by atoms with Gasteiger partial charge in [-0.05, 0) is 48.4 Å². The minimum absolute atomic E-state index is 0.0291. The molecule has 5 nitrogen and oxygen atoms in total. The lowest BCUT2D eigenvalue weighted by molar-refractivity contribution is -0.115. The third kappa shape index (κ3) is 4.51. The van der Waals surface area contributed by atoms with Gasteiger partial charge in [0.05, 0.1) is 19.6 Å². The zero-order valence-electron chi connectivity index (χ0n) is 14.7. The Bertz CT molecular complexity index is 698. The maximum atomic E-state index is 12.2. The summed E-state index contributed by atoms with van der Waals surface area (Å²) in [5, 5.41) is 2.94. The van der Waals surface area contributed by atoms with Crippen molar-refractivity contribution in [3.63, 3.8) is 0 Å². The zero-order valence-corrected chi connectivity index (χ0v) is 14.7. The molecule has 1 atom stereocenters. The van der Waals surface area contributed by atoms with Gasteiger partial charge >= 0.3 is 0 Å². The second kappa shape index (κ2) is 8.03. The van der Waals surface area contributed by atoms with Crippen molar-refractivity contribution in [3.8, 4) is 5.75 Å². The van der Waals surface area contributed by atoms with Gasteiger partial charge in [-0.2, -0.15) is 0 Å². The molecular weight excluding hydrogens is 316 g/mol. The number of methoxy groups -OCH3 is 2. The molecule has 5 heteroatoms. The largest absolute Gasteiger partial charge is 0.497 e. The van der Waals surface area contributed by atoms with Crippen LogP contribution in [0.5, 0.6) is 5.75 Å². The fourth-order valence-electron chi connectivity index (χ4n) is 3.04. The average Bonchev–Trinajstić information content (AvgIpc) is 3.12. The summed E-state index contributed by atoms with van der Waals surface area (Å²) >= 11 is 0. The Morgan fingerprint density at radius 1 is 1.12 bits per heavy atom. The summed E-state index contributed by atoms with van der Waals surface area (Å²) < 4.78 is 10.5. The lowest BCUT2D eigenvalue weighted by atomic mass is 10.1. The molecule has 1 aliphatic rings. The van der Waals surface area contributed by atoms with Crippen molar-refractivity contribution in [2.24, 2.45) is 0 Å². The summed E-state index contributed by atoms with van der Waals surface area (Å²) in [4.78, 5) is 14.5. The highest BCUT2D eigenvalue weighted by atomic mass is 16.5. The van der Waals surface area contributed by atoms with E-state index >= 15 is 0 Å². The first kappa shape index (κ1) is 17.3. The van der Waals surface area contributed by atoms with Gasteiger partial charge in [-0.25, -0.2) is 0 Å². The van der Waals surface area contributed by atoms with Crippen molar-refractivity contribution in [1.82, 2.24) is 0 Å². The van der Waals surface area contributed by atoms with Crippen LogP contribution in [0, 0.1) is 0 Å². The van der Waals surface area contributed by atoms with E-state index in [2.05, 4.69) is 10.2 Å². The highest BCUT2D eigenvalue weighted by molar-refractivity contribution is 5.92. The van der Waals surface area contributed by atoms with Crippen LogP contribution >= 0.6 is 0 Å². The molecule has 2 aromatic rings. The Kier molecular flexibility index (Phi) is 5.56. The van der Waals surface area contributed by atoms with E-state index in [4.69, 9.17) is 9.47 Å². The molecule has 3 rings (SSSR count). The van der Waals surface area contributed by atoms with Gasteiger partial charge in [-0.15, -0.1) is 0 Å². The minimum Gasteiger partial charge on any atom is -0.497 e. The van der Waals surface area contributed by atoms with Crippen LogP contribution in [0.1, 0.15) is 12.0 Å². The Labute approximate surface area is 148 Å². The first-order chi connectivity index (χ1) is 12.2. The number of anilines is 2. The van der Waals surface area contributed by atoms with Crippen molar-refractivity contribution in [1.29, 1.82) is 0 Å². The van der Waals surface area contributed by atoms with Gasteiger partial charge in [0.15, 0.2) is 0 Å². The monoisotopic (exact) mass is 340 g/mol. The van der Waals surface area contributed by atoms with Gasteiger partial charge in [0.2, 0.25) is 5.91 Å². The molecule has 0 aromatic heterocycles. The van der Waals surface area contributed by atoms with E-state index in [0.717, 1.165) is 42.2 Å². The van der Waals surface area contributed by atoms with Gasteiger partial charge in [0, 0.05) is 31.6 Å². The average molecular weight is 340 g/mol. The third-order valence-electron chi connectivity index (χ3n) is 4.52. The lowest BCUT2D eigenvalue weighted by Gasteiger charge is -2.18. The molecule has 0 unspecified atom stereocenters. The number of benzene rings is 2. The third-order valence-corrected chi connectivity index (χ3v) is 4.52. The number of ether oxygens (including phenoxy) is 2. The first-order valence-electron chi connectivity index (χ1n) is 8.48. The van der Waals surface area contributed by atoms with E-state index in [1.807, 2.05) is 48.5 Å². The fourth-order valence-corrected chi connectivity index (χ4v) is 3.04. The number of amides is 1. The number of hydrogen-bond acceptors (Lipinski definition) is 4. The maximum Gasteiger partial charge on any atom is 0.228 e. The van der Waals surface area contributed by atoms with Gasteiger partial charge < -0.3 is 19.7 Å². The summed E-state index contributed by atoms with van der Waals surface area (Å²) in [6.45, 7) is 1.92. The standard InChI is InChI=1S/C20H24N2O3/c1-24-18-9-3-15(4-10-18)13-20(23)21-16-5-7-17(8-6-16)22-12-11-19(14-22)25-2/h3-10,19H,11-14H2,1-2H3,(H,21,23)/t19-/m1/s1. The molecule has 1 saturated heterocycles. The smallest absolute Gasteiger partial charge is 0.228 e. The van der Waals surface area contributed by atoms with Crippen LogP contribution in [-0.2, 0) is 16.0 Å². The molecule has 1 aliphatic heterocycles. The van der Waals surface area contributed by atoms with Crippen LogP contribution in [-0.4, -0.2) is 39.3 Å². The van der Waals surface area contributed by atoms with Crippen molar-refractivity contribution in [2.45, 2.75) is 18.9 Å². The van der Waals surface area contributed by atoms with Gasteiger partial charge in [0.1, 0.15) is 5.75 Å². The van der Waals surface area contributed by atoms with Crippen LogP contribution in [0.25, 0.3) is 0 Å². The number of nitrogens with zero attached hydrogens (tertiary/aromatic N) is 1. The second-order valence-electron chi connectivity index (χ2n) is 6.21. The number of carbonyl (C=O) groups is 1. The SMILES string of the molecule is COc1ccc(CC(=O)Nc2ccc(N3CC[C@@H](OC)C3)cc2)cc1. The summed E-state index contributed by atoms with van der Waals surface area (Å²) in [5.74, 6) is 0.760. The highest BCUT2D eigenvalue weighted by Gasteiger charge is 2.22. The summed E-state index contributed by atoms with van der Waals surface area (Å²) in [6, 6.07) is 15.5. The quantitative estimate of drug-likeness (QED) is 0.878. The van der Waals surface area contributed by atoms with Crippen molar-refractivity contribution in [3.05, 3.63) is 54.1 Å². The minimum atomic E-state index is -0.0291. The van der Waals surface area contributed by atoms with Gasteiger partial charge in [-0.3, -0.25) is 4.79 Å². The second-order valence-corrected chi connectivity index (χ2v) is 6.21. The zero-order chi connectivity index (χ0) is 17.6. The van der Waals surface area contributed by atoms with Crippen LogP contribution in [0.4, 0.5) is 11.4 Å². The van der Waals surface area contributed by atoms with E-state index in [1.165, 1.54) is 0 Å². The molecule has 0 bridgehead atoms. The number of hydrogen-bond donors (Lipinski definition) is 1. The van der Waals surface area contributed by atoms with Crippen LogP contribution in [0.15, 0.2) is 48.5 Å². The molecular formula is C20H24N2O3. The molecule has 0 spiro atoms. The van der Waals surface area contributed by atoms with E-state index in [1.54, 1.807) is 14.2 Å². The Hall–Kier alpha value is -2.53. The molecule has 25 heavy (non-hydrogen) atoms. The summed E-state index contributed by atoms with van der Waals surface area (Å²) in [7, 11) is 3.39. The van der Waals surface area contributed by atoms with Crippen molar-refractivity contribution < 1.29 is 14.3 Å². The van der Waals surface area contributed by atoms with Crippen LogP contribution < -0.4 is 15.0 Å². The van der Waals surface area contributed by atoms with E-state index in [0.29, 0.717) is 12.5 Å². The summed E-state index contributed by atoms with van der Waals surface area (Å²) in [6.07, 6.45) is 1.70. The summed E-state index contributed by atoms with van der Waals surface area (Å²) in [5.41, 5.74) is 2.93. The molecule has 0 radical (unpaired) electrons. The molecule has 2 aromatic carbocycles. The Balaban J connectivity index is 1.54. The molecule has 1 amide bonds. The maximum absolute atomic E-state index is 12.2. The van der Waals surface area contributed by atoms with Crippen molar-refractivity contribution >= 4 is 17.3 Å². The van der Waals surface area contributed by atoms with E-state index in [9.17, 15) is 4.79 Å². The van der Waals surface area contributed by atoms with Gasteiger partial charge in [0.25, 0.3) is 0 Å². The predicted octanol–water partition coefficient (Wildman–Crippen LogP) is 3.10. The molecule has 0 saturated carbocycles. The molecule has 1 fully saturated rings. The molecule has 0 aliphatic carbocycles. The normalized spacial score (nSPS) is 16.7. The Morgan fingerprint density at radius 3 is 2.44 bits per heavy atom. The highest BCUT2D eigenvalue weighted by Crippen LogP contribution is 2.23. The molecule has 1 heterocycles. The van der Waals surface area contributed by atoms with E-state index < -0.39 is 0 Å². The fraction of sp³-hybridized carbons (Fsp3) is 0.350. The van der Waals surface area contributed by atoms with Gasteiger partial charge in [-0.1, -0.05) is 12.1 Å². The van der Waals surface area contributed by atoms with Crippen LogP contribution in [0.2, 0.25) is 0 Å².